The zero-order valence-corrected chi connectivity index (χ0v) is 15.8. The van der Waals surface area contributed by atoms with E-state index in [4.69, 9.17) is 19.8 Å². The molecule has 0 saturated carbocycles. The standard InChI is InChI=1S/C2H2O4.Cs.Rb/c3-1(4)2(5)6;;/h(H,3,4)(H,5,6);;/q;2*+1/p-2. The molecule has 0 fully saturated rings. The van der Waals surface area contributed by atoms with Crippen LogP contribution in [0.5, 0.6) is 0 Å². The van der Waals surface area contributed by atoms with Gasteiger partial charge in [0.25, 0.3) is 0 Å². The number of carboxylic acid groups (broad SMARTS) is 2. The van der Waals surface area contributed by atoms with E-state index in [0.717, 1.165) is 0 Å². The number of carbonyl (C=O) groups excluding carboxylic acids is 2. The maximum atomic E-state index is 8.93. The summed E-state index contributed by atoms with van der Waals surface area (Å²) in [4.78, 5) is 17.9. The van der Waals surface area contributed by atoms with Crippen LogP contribution in [0.25, 0.3) is 0 Å². The van der Waals surface area contributed by atoms with Crippen LogP contribution in [0.3, 0.4) is 0 Å². The Morgan fingerprint density at radius 2 is 1.12 bits per heavy atom. The second-order valence-corrected chi connectivity index (χ2v) is 0.575. The number of hydrogen-bond acceptors (Lipinski definition) is 4. The first-order valence-electron chi connectivity index (χ1n) is 1.07. The van der Waals surface area contributed by atoms with Crippen molar-refractivity contribution < 1.29 is 147 Å². The van der Waals surface area contributed by atoms with Gasteiger partial charge in [0.2, 0.25) is 0 Å². The van der Waals surface area contributed by atoms with Crippen LogP contribution in [-0.2, 0) is 9.59 Å². The molecule has 0 aromatic rings. The second-order valence-electron chi connectivity index (χ2n) is 0.575. The summed E-state index contributed by atoms with van der Waals surface area (Å²) in [6.45, 7) is 0. The number of aliphatic carboxylic acids is 2. The zero-order chi connectivity index (χ0) is 5.15. The fourth-order valence-corrected chi connectivity index (χ4v) is 0. The molecule has 8 heavy (non-hydrogen) atoms. The fraction of sp³-hybridized carbons (Fsp3) is 0. The first-order chi connectivity index (χ1) is 2.64. The van der Waals surface area contributed by atoms with E-state index in [-0.39, 0.29) is 127 Å². The van der Waals surface area contributed by atoms with Gasteiger partial charge in [-0.2, -0.15) is 0 Å². The predicted molar refractivity (Wildman–Crippen MR) is 10.0 cm³/mol. The molecule has 6 heteroatoms. The molecule has 0 radical (unpaired) electrons. The topological polar surface area (TPSA) is 80.3 Å². The zero-order valence-electron chi connectivity index (χ0n) is 4.63. The van der Waals surface area contributed by atoms with Gasteiger partial charge in [0, 0.05) is 0 Å². The number of carboxylic acids is 2. The smallest absolute Gasteiger partial charge is 0.543 e. The molecule has 0 bridgehead atoms. The van der Waals surface area contributed by atoms with Crippen LogP contribution in [-0.4, -0.2) is 11.9 Å². The molecule has 0 atom stereocenters. The van der Waals surface area contributed by atoms with Crippen molar-refractivity contribution in [3.8, 4) is 0 Å². The van der Waals surface area contributed by atoms with E-state index < -0.39 is 11.9 Å². The van der Waals surface area contributed by atoms with E-state index in [1.165, 1.54) is 0 Å². The van der Waals surface area contributed by atoms with Crippen molar-refractivity contribution in [3.05, 3.63) is 0 Å². The minimum Gasteiger partial charge on any atom is -0.543 e. The maximum absolute atomic E-state index is 8.93. The van der Waals surface area contributed by atoms with Gasteiger partial charge in [-0.05, 0) is 0 Å². The summed E-state index contributed by atoms with van der Waals surface area (Å²) in [5.41, 5.74) is 0. The minimum atomic E-state index is -2.19. The van der Waals surface area contributed by atoms with Crippen LogP contribution in [0.4, 0.5) is 0 Å². The van der Waals surface area contributed by atoms with Gasteiger partial charge in [0.1, 0.15) is 0 Å². The molecule has 0 saturated heterocycles. The Morgan fingerprint density at radius 1 is 1.00 bits per heavy atom. The van der Waals surface area contributed by atoms with Gasteiger partial charge in [0.15, 0.2) is 0 Å². The van der Waals surface area contributed by atoms with Crippen LogP contribution in [0.2, 0.25) is 0 Å². The van der Waals surface area contributed by atoms with Gasteiger partial charge in [-0.15, -0.1) is 0 Å². The van der Waals surface area contributed by atoms with Crippen LogP contribution >= 0.6 is 0 Å². The molecule has 0 heterocycles. The molecule has 0 aromatic heterocycles. The molecule has 0 aliphatic rings. The third-order valence-corrected chi connectivity index (χ3v) is 0.167. The first kappa shape index (κ1) is 17.0. The minimum absolute atomic E-state index is 0. The molecule has 0 aliphatic carbocycles. The van der Waals surface area contributed by atoms with E-state index in [1.54, 1.807) is 0 Å². The Balaban J connectivity index is -0.000000125. The number of rotatable bonds is 0. The largest absolute Gasteiger partial charge is 1.00 e. The summed E-state index contributed by atoms with van der Waals surface area (Å²) in [6.07, 6.45) is 0. The molecule has 34 valence electrons. The van der Waals surface area contributed by atoms with Crippen molar-refractivity contribution in [2.45, 2.75) is 0 Å². The molecule has 0 spiro atoms. The summed E-state index contributed by atoms with van der Waals surface area (Å²) >= 11 is 0. The molecule has 0 N–H and O–H groups in total. The van der Waals surface area contributed by atoms with Gasteiger partial charge >= 0.3 is 127 Å². The Hall–Kier alpha value is 2.80. The van der Waals surface area contributed by atoms with Crippen molar-refractivity contribution in [2.24, 2.45) is 0 Å². The van der Waals surface area contributed by atoms with Crippen molar-refractivity contribution in [3.63, 3.8) is 0 Å². The van der Waals surface area contributed by atoms with E-state index in [1.807, 2.05) is 0 Å². The van der Waals surface area contributed by atoms with Gasteiger partial charge in [-0.3, -0.25) is 0 Å². The van der Waals surface area contributed by atoms with Crippen molar-refractivity contribution in [2.75, 3.05) is 0 Å². The van der Waals surface area contributed by atoms with Gasteiger partial charge in [-0.25, -0.2) is 0 Å². The van der Waals surface area contributed by atoms with Gasteiger partial charge in [0.05, 0.1) is 11.9 Å². The summed E-state index contributed by atoms with van der Waals surface area (Å²) in [5.74, 6) is -4.37. The number of hydrogen-bond donors (Lipinski definition) is 0. The Bertz CT molecular complexity index is 80.0. The van der Waals surface area contributed by atoms with Crippen molar-refractivity contribution >= 4 is 11.9 Å². The van der Waals surface area contributed by atoms with Gasteiger partial charge in [-0.1, -0.05) is 0 Å². The summed E-state index contributed by atoms with van der Waals surface area (Å²) in [7, 11) is 0. The molecule has 0 aromatic carbocycles. The third-order valence-electron chi connectivity index (χ3n) is 0.167. The van der Waals surface area contributed by atoms with E-state index in [9.17, 15) is 0 Å². The van der Waals surface area contributed by atoms with Crippen LogP contribution in [0, 0.1) is 0 Å². The van der Waals surface area contributed by atoms with E-state index in [2.05, 4.69) is 0 Å². The number of carbonyl (C=O) groups is 2. The molecule has 0 rings (SSSR count). The molecule has 0 amide bonds. The molecule has 0 aliphatic heterocycles. The third kappa shape index (κ3) is 11.6. The molecule has 4 nitrogen and oxygen atoms in total. The van der Waals surface area contributed by atoms with E-state index in [0.29, 0.717) is 0 Å². The normalized spacial score (nSPS) is 5.50. The second kappa shape index (κ2) is 9.80. The quantitative estimate of drug-likeness (QED) is 0.416. The first-order valence-corrected chi connectivity index (χ1v) is 1.07. The molecular weight excluding hydrogens is 306 g/mol. The fourth-order valence-electron chi connectivity index (χ4n) is 0. The van der Waals surface area contributed by atoms with Crippen molar-refractivity contribution in [1.82, 2.24) is 0 Å². The maximum Gasteiger partial charge on any atom is 1.00 e. The van der Waals surface area contributed by atoms with Crippen molar-refractivity contribution in [1.29, 1.82) is 0 Å². The van der Waals surface area contributed by atoms with Crippen LogP contribution in [0.1, 0.15) is 0 Å². The average Bonchev–Trinajstić information content (AvgIpc) is 1.36. The average molecular weight is 306 g/mol. The molecular formula is C2CsO4Rb. The monoisotopic (exact) mass is 306 g/mol. The van der Waals surface area contributed by atoms with Crippen LogP contribution < -0.4 is 137 Å². The van der Waals surface area contributed by atoms with Gasteiger partial charge < -0.3 is 19.8 Å². The summed E-state index contributed by atoms with van der Waals surface area (Å²) in [5, 5.41) is 17.9. The Kier molecular flexibility index (Phi) is 20.9. The molecule has 0 unspecified atom stereocenters. The predicted octanol–water partition coefficient (Wildman–Crippen LogP) is -9.51. The Labute approximate surface area is 154 Å². The SMILES string of the molecule is O=C([O-])C(=O)[O-].[Cs+].[Rb+]. The summed E-state index contributed by atoms with van der Waals surface area (Å²) in [6, 6.07) is 0. The van der Waals surface area contributed by atoms with Crippen LogP contribution in [0.15, 0.2) is 0 Å². The Morgan fingerprint density at radius 3 is 1.12 bits per heavy atom. The van der Waals surface area contributed by atoms with E-state index >= 15 is 0 Å². The summed E-state index contributed by atoms with van der Waals surface area (Å²) < 4.78 is 0.